The SMILES string of the molecule is CC(C)C1C(=O)N(c2ccccc2)c2nc3c(sc4ccccc43)c(=O)n21. The molecule has 2 aromatic carbocycles. The summed E-state index contributed by atoms with van der Waals surface area (Å²) < 4.78 is 3.21. The average molecular weight is 375 g/mol. The summed E-state index contributed by atoms with van der Waals surface area (Å²) in [6.07, 6.45) is 0. The van der Waals surface area contributed by atoms with E-state index in [-0.39, 0.29) is 17.4 Å². The molecule has 0 aliphatic carbocycles. The van der Waals surface area contributed by atoms with Gasteiger partial charge in [0.15, 0.2) is 0 Å². The normalized spacial score (nSPS) is 16.6. The molecule has 2 aromatic heterocycles. The summed E-state index contributed by atoms with van der Waals surface area (Å²) in [6, 6.07) is 16.7. The lowest BCUT2D eigenvalue weighted by Gasteiger charge is -2.16. The predicted molar refractivity (Wildman–Crippen MR) is 109 cm³/mol. The van der Waals surface area contributed by atoms with Crippen LogP contribution in [0.1, 0.15) is 19.9 Å². The second-order valence-corrected chi connectivity index (χ2v) is 8.11. The lowest BCUT2D eigenvalue weighted by atomic mass is 10.0. The van der Waals surface area contributed by atoms with Crippen molar-refractivity contribution in [1.29, 1.82) is 0 Å². The van der Waals surface area contributed by atoms with Crippen LogP contribution in [0, 0.1) is 5.92 Å². The van der Waals surface area contributed by atoms with Gasteiger partial charge < -0.3 is 0 Å². The molecule has 5 nitrogen and oxygen atoms in total. The molecule has 1 unspecified atom stereocenters. The van der Waals surface area contributed by atoms with E-state index in [1.165, 1.54) is 11.3 Å². The number of fused-ring (bicyclic) bond motifs is 4. The first-order valence-electron chi connectivity index (χ1n) is 8.90. The summed E-state index contributed by atoms with van der Waals surface area (Å²) in [5.74, 6) is 0.282. The van der Waals surface area contributed by atoms with Gasteiger partial charge in [-0.3, -0.25) is 14.2 Å². The maximum atomic E-state index is 13.4. The Kier molecular flexibility index (Phi) is 3.45. The van der Waals surface area contributed by atoms with E-state index in [4.69, 9.17) is 4.98 Å². The first-order valence-corrected chi connectivity index (χ1v) is 9.72. The molecule has 27 heavy (non-hydrogen) atoms. The van der Waals surface area contributed by atoms with E-state index in [2.05, 4.69) is 0 Å². The third-order valence-electron chi connectivity index (χ3n) is 5.01. The third kappa shape index (κ3) is 2.20. The Hall–Kier alpha value is -2.99. The summed E-state index contributed by atoms with van der Waals surface area (Å²) in [5.41, 5.74) is 1.26. The first-order chi connectivity index (χ1) is 13.1. The number of thiophene rings is 1. The molecule has 1 aliphatic rings. The molecule has 0 saturated carbocycles. The van der Waals surface area contributed by atoms with Gasteiger partial charge in [0.25, 0.3) is 11.5 Å². The molecule has 1 aliphatic heterocycles. The highest BCUT2D eigenvalue weighted by Gasteiger charge is 2.42. The smallest absolute Gasteiger partial charge is 0.272 e. The van der Waals surface area contributed by atoms with Gasteiger partial charge in [0, 0.05) is 10.1 Å². The highest BCUT2D eigenvalue weighted by Crippen LogP contribution is 2.40. The number of para-hydroxylation sites is 1. The molecule has 0 fully saturated rings. The van der Waals surface area contributed by atoms with Crippen LogP contribution in [0.25, 0.3) is 20.3 Å². The van der Waals surface area contributed by atoms with Gasteiger partial charge in [-0.05, 0) is 24.1 Å². The number of amides is 1. The lowest BCUT2D eigenvalue weighted by Crippen LogP contribution is -2.29. The van der Waals surface area contributed by atoms with E-state index < -0.39 is 6.04 Å². The number of benzene rings is 2. The van der Waals surface area contributed by atoms with E-state index in [9.17, 15) is 9.59 Å². The Labute approximate surface area is 159 Å². The Bertz CT molecular complexity index is 1260. The van der Waals surface area contributed by atoms with Crippen molar-refractivity contribution in [3.8, 4) is 0 Å². The van der Waals surface area contributed by atoms with Gasteiger partial charge >= 0.3 is 0 Å². The quantitative estimate of drug-likeness (QED) is 0.519. The molecule has 6 heteroatoms. The van der Waals surface area contributed by atoms with Gasteiger partial charge in [-0.2, -0.15) is 0 Å². The number of hydrogen-bond donors (Lipinski definition) is 0. The van der Waals surface area contributed by atoms with Crippen LogP contribution in [-0.4, -0.2) is 15.5 Å². The fourth-order valence-corrected chi connectivity index (χ4v) is 4.87. The van der Waals surface area contributed by atoms with Crippen molar-refractivity contribution in [2.24, 2.45) is 5.92 Å². The van der Waals surface area contributed by atoms with Crippen molar-refractivity contribution < 1.29 is 4.79 Å². The number of carbonyl (C=O) groups excluding carboxylic acids is 1. The Morgan fingerprint density at radius 3 is 2.44 bits per heavy atom. The van der Waals surface area contributed by atoms with Crippen molar-refractivity contribution in [1.82, 2.24) is 9.55 Å². The number of anilines is 2. The molecule has 134 valence electrons. The van der Waals surface area contributed by atoms with Crippen LogP contribution < -0.4 is 10.5 Å². The molecule has 3 heterocycles. The molecule has 0 N–H and O–H groups in total. The van der Waals surface area contributed by atoms with Crippen LogP contribution in [0.2, 0.25) is 0 Å². The van der Waals surface area contributed by atoms with Crippen LogP contribution >= 0.6 is 11.3 Å². The topological polar surface area (TPSA) is 55.2 Å². The van der Waals surface area contributed by atoms with Crippen LogP contribution in [0.3, 0.4) is 0 Å². The summed E-state index contributed by atoms with van der Waals surface area (Å²) in [5, 5.41) is 0.950. The van der Waals surface area contributed by atoms with Gasteiger partial charge in [-0.15, -0.1) is 11.3 Å². The van der Waals surface area contributed by atoms with Gasteiger partial charge in [0.2, 0.25) is 5.95 Å². The van der Waals surface area contributed by atoms with Crippen molar-refractivity contribution >= 4 is 49.2 Å². The van der Waals surface area contributed by atoms with Gasteiger partial charge in [0.1, 0.15) is 10.7 Å². The van der Waals surface area contributed by atoms with Gasteiger partial charge in [-0.1, -0.05) is 50.2 Å². The van der Waals surface area contributed by atoms with Crippen molar-refractivity contribution in [2.45, 2.75) is 19.9 Å². The number of rotatable bonds is 2. The van der Waals surface area contributed by atoms with Crippen LogP contribution in [0.15, 0.2) is 59.4 Å². The molecule has 4 aromatic rings. The molecule has 0 bridgehead atoms. The molecule has 5 rings (SSSR count). The van der Waals surface area contributed by atoms with Gasteiger partial charge in [0.05, 0.1) is 11.2 Å². The Morgan fingerprint density at radius 2 is 1.70 bits per heavy atom. The van der Waals surface area contributed by atoms with Crippen LogP contribution in [0.4, 0.5) is 11.6 Å². The van der Waals surface area contributed by atoms with E-state index >= 15 is 0 Å². The fraction of sp³-hybridized carbons (Fsp3) is 0.190. The summed E-state index contributed by atoms with van der Waals surface area (Å²) in [4.78, 5) is 33.0. The monoisotopic (exact) mass is 375 g/mol. The highest BCUT2D eigenvalue weighted by molar-refractivity contribution is 7.25. The van der Waals surface area contributed by atoms with Crippen molar-refractivity contribution in [3.63, 3.8) is 0 Å². The zero-order valence-electron chi connectivity index (χ0n) is 14.9. The Balaban J connectivity index is 1.89. The zero-order valence-corrected chi connectivity index (χ0v) is 15.7. The number of carbonyl (C=O) groups is 1. The largest absolute Gasteiger partial charge is 0.273 e. The molecule has 0 spiro atoms. The first kappa shape index (κ1) is 16.2. The minimum Gasteiger partial charge on any atom is -0.272 e. The fourth-order valence-electron chi connectivity index (χ4n) is 3.79. The minimum absolute atomic E-state index is 0.0173. The maximum Gasteiger partial charge on any atom is 0.273 e. The number of hydrogen-bond acceptors (Lipinski definition) is 4. The van der Waals surface area contributed by atoms with E-state index in [0.717, 1.165) is 15.8 Å². The van der Waals surface area contributed by atoms with Crippen molar-refractivity contribution in [2.75, 3.05) is 4.90 Å². The third-order valence-corrected chi connectivity index (χ3v) is 6.16. The Morgan fingerprint density at radius 1 is 1.00 bits per heavy atom. The number of aromatic nitrogens is 2. The van der Waals surface area contributed by atoms with Crippen LogP contribution in [-0.2, 0) is 4.79 Å². The predicted octanol–water partition coefficient (Wildman–Crippen LogP) is 4.49. The van der Waals surface area contributed by atoms with E-state index in [1.54, 1.807) is 9.47 Å². The molecule has 1 atom stereocenters. The van der Waals surface area contributed by atoms with Gasteiger partial charge in [-0.25, -0.2) is 9.88 Å². The molecule has 0 radical (unpaired) electrons. The second kappa shape index (κ2) is 5.76. The second-order valence-electron chi connectivity index (χ2n) is 7.06. The molecule has 1 amide bonds. The summed E-state index contributed by atoms with van der Waals surface area (Å²) >= 11 is 1.44. The zero-order chi connectivity index (χ0) is 18.7. The van der Waals surface area contributed by atoms with E-state index in [1.807, 2.05) is 68.4 Å². The molecule has 0 saturated heterocycles. The van der Waals surface area contributed by atoms with Crippen molar-refractivity contribution in [3.05, 3.63) is 65.0 Å². The molecular weight excluding hydrogens is 358 g/mol. The maximum absolute atomic E-state index is 13.4. The summed E-state index contributed by atoms with van der Waals surface area (Å²) in [7, 11) is 0. The number of nitrogens with zero attached hydrogens (tertiary/aromatic N) is 3. The molecular formula is C21H17N3O2S. The lowest BCUT2D eigenvalue weighted by molar-refractivity contribution is -0.120. The highest BCUT2D eigenvalue weighted by atomic mass is 32.1. The standard InChI is InChI=1S/C21H17N3O2S/c1-12(2)17-19(25)23(13-8-4-3-5-9-13)21-22-16-14-10-6-7-11-15(14)27-18(16)20(26)24(17)21/h3-12,17H,1-2H3. The summed E-state index contributed by atoms with van der Waals surface area (Å²) in [6.45, 7) is 3.92. The minimum atomic E-state index is -0.546. The average Bonchev–Trinajstić information content (AvgIpc) is 3.18. The van der Waals surface area contributed by atoms with Crippen LogP contribution in [0.5, 0.6) is 0 Å². The van der Waals surface area contributed by atoms with E-state index in [0.29, 0.717) is 16.2 Å².